The molecule has 2 unspecified atom stereocenters. The van der Waals surface area contributed by atoms with Crippen LogP contribution in [0.15, 0.2) is 24.3 Å². The van der Waals surface area contributed by atoms with Gasteiger partial charge in [-0.25, -0.2) is 0 Å². The van der Waals surface area contributed by atoms with Gasteiger partial charge in [0.1, 0.15) is 0 Å². The highest BCUT2D eigenvalue weighted by Gasteiger charge is 2.23. The largest absolute Gasteiger partial charge is 0.349 e. The summed E-state index contributed by atoms with van der Waals surface area (Å²) in [6.45, 7) is 2.19. The summed E-state index contributed by atoms with van der Waals surface area (Å²) in [6, 6.07) is 9.18. The van der Waals surface area contributed by atoms with E-state index in [0.29, 0.717) is 17.0 Å². The van der Waals surface area contributed by atoms with Gasteiger partial charge in [0.15, 0.2) is 0 Å². The SMILES string of the molecule is CC1CCCCC1NC(=O)c1cccc(C#N)c1. The van der Waals surface area contributed by atoms with Crippen LogP contribution in [0.3, 0.4) is 0 Å². The molecule has 3 heteroatoms. The van der Waals surface area contributed by atoms with Crippen LogP contribution in [0.25, 0.3) is 0 Å². The summed E-state index contributed by atoms with van der Waals surface area (Å²) < 4.78 is 0. The minimum absolute atomic E-state index is 0.0640. The molecule has 1 aromatic carbocycles. The fourth-order valence-electron chi connectivity index (χ4n) is 2.51. The van der Waals surface area contributed by atoms with Gasteiger partial charge in [-0.2, -0.15) is 5.26 Å². The van der Waals surface area contributed by atoms with Gasteiger partial charge < -0.3 is 5.32 Å². The molecule has 2 atom stereocenters. The molecule has 18 heavy (non-hydrogen) atoms. The van der Waals surface area contributed by atoms with Crippen LogP contribution in [-0.4, -0.2) is 11.9 Å². The van der Waals surface area contributed by atoms with E-state index in [4.69, 9.17) is 5.26 Å². The molecule has 1 amide bonds. The number of nitriles is 1. The Morgan fingerprint density at radius 2 is 2.17 bits per heavy atom. The van der Waals surface area contributed by atoms with Crippen LogP contribution < -0.4 is 5.32 Å². The third-order valence-electron chi connectivity index (χ3n) is 3.68. The van der Waals surface area contributed by atoms with Crippen molar-refractivity contribution in [3.05, 3.63) is 35.4 Å². The number of amides is 1. The average molecular weight is 242 g/mol. The molecule has 1 aliphatic carbocycles. The van der Waals surface area contributed by atoms with Crippen molar-refractivity contribution in [1.82, 2.24) is 5.32 Å². The summed E-state index contributed by atoms with van der Waals surface area (Å²) in [6.07, 6.45) is 4.69. The Kier molecular flexibility index (Phi) is 3.99. The van der Waals surface area contributed by atoms with Crippen molar-refractivity contribution in [2.24, 2.45) is 5.92 Å². The summed E-state index contributed by atoms with van der Waals surface area (Å²) in [7, 11) is 0. The van der Waals surface area contributed by atoms with E-state index in [2.05, 4.69) is 18.3 Å². The Morgan fingerprint density at radius 1 is 1.39 bits per heavy atom. The molecule has 1 saturated carbocycles. The van der Waals surface area contributed by atoms with Gasteiger partial charge in [-0.3, -0.25) is 4.79 Å². The molecule has 3 nitrogen and oxygen atoms in total. The van der Waals surface area contributed by atoms with Gasteiger partial charge in [0, 0.05) is 11.6 Å². The van der Waals surface area contributed by atoms with Crippen LogP contribution in [0.4, 0.5) is 0 Å². The van der Waals surface area contributed by atoms with Gasteiger partial charge in [-0.15, -0.1) is 0 Å². The standard InChI is InChI=1S/C15H18N2O/c1-11-5-2-3-8-14(11)17-15(18)13-7-4-6-12(9-13)10-16/h4,6-7,9,11,14H,2-3,5,8H2,1H3,(H,17,18). The molecule has 0 spiro atoms. The smallest absolute Gasteiger partial charge is 0.251 e. The van der Waals surface area contributed by atoms with E-state index in [0.717, 1.165) is 6.42 Å². The lowest BCUT2D eigenvalue weighted by atomic mass is 9.86. The fourth-order valence-corrected chi connectivity index (χ4v) is 2.51. The first kappa shape index (κ1) is 12.6. The van der Waals surface area contributed by atoms with Gasteiger partial charge in [0.25, 0.3) is 5.91 Å². The monoisotopic (exact) mass is 242 g/mol. The number of hydrogen-bond acceptors (Lipinski definition) is 2. The first-order valence-electron chi connectivity index (χ1n) is 6.51. The second-order valence-electron chi connectivity index (χ2n) is 5.03. The third kappa shape index (κ3) is 2.89. The minimum Gasteiger partial charge on any atom is -0.349 e. The first-order valence-corrected chi connectivity index (χ1v) is 6.51. The van der Waals surface area contributed by atoms with Gasteiger partial charge in [0.2, 0.25) is 0 Å². The van der Waals surface area contributed by atoms with Crippen molar-refractivity contribution >= 4 is 5.91 Å². The van der Waals surface area contributed by atoms with Crippen molar-refractivity contribution in [3.63, 3.8) is 0 Å². The molecule has 0 aromatic heterocycles. The molecule has 0 bridgehead atoms. The molecule has 0 radical (unpaired) electrons. The van der Waals surface area contributed by atoms with E-state index in [1.54, 1.807) is 24.3 Å². The predicted octanol–water partition coefficient (Wildman–Crippen LogP) is 2.87. The second-order valence-corrected chi connectivity index (χ2v) is 5.03. The Hall–Kier alpha value is -1.82. The van der Waals surface area contributed by atoms with Crippen LogP contribution in [0.5, 0.6) is 0 Å². The minimum atomic E-state index is -0.0640. The number of carbonyl (C=O) groups excluding carboxylic acids is 1. The lowest BCUT2D eigenvalue weighted by Gasteiger charge is -2.29. The van der Waals surface area contributed by atoms with E-state index in [9.17, 15) is 4.79 Å². The van der Waals surface area contributed by atoms with Crippen LogP contribution in [0.1, 0.15) is 48.5 Å². The van der Waals surface area contributed by atoms with E-state index < -0.39 is 0 Å². The highest BCUT2D eigenvalue weighted by molar-refractivity contribution is 5.94. The second kappa shape index (κ2) is 5.68. The van der Waals surface area contributed by atoms with E-state index in [1.165, 1.54) is 19.3 Å². The highest BCUT2D eigenvalue weighted by Crippen LogP contribution is 2.24. The zero-order valence-corrected chi connectivity index (χ0v) is 10.6. The van der Waals surface area contributed by atoms with Crippen LogP contribution >= 0.6 is 0 Å². The van der Waals surface area contributed by atoms with Gasteiger partial charge in [-0.1, -0.05) is 25.8 Å². The van der Waals surface area contributed by atoms with Gasteiger partial charge in [0.05, 0.1) is 11.6 Å². The zero-order chi connectivity index (χ0) is 13.0. The maximum Gasteiger partial charge on any atom is 0.251 e. The third-order valence-corrected chi connectivity index (χ3v) is 3.68. The molecular formula is C15H18N2O. The molecule has 2 rings (SSSR count). The Labute approximate surface area is 108 Å². The maximum atomic E-state index is 12.1. The Bertz CT molecular complexity index is 476. The van der Waals surface area contributed by atoms with Crippen LogP contribution in [0.2, 0.25) is 0 Å². The van der Waals surface area contributed by atoms with Crippen molar-refractivity contribution < 1.29 is 4.79 Å². The van der Waals surface area contributed by atoms with E-state index in [1.807, 2.05) is 0 Å². The molecule has 0 saturated heterocycles. The molecule has 1 N–H and O–H groups in total. The van der Waals surface area contributed by atoms with E-state index in [-0.39, 0.29) is 11.9 Å². The van der Waals surface area contributed by atoms with Crippen LogP contribution in [0, 0.1) is 17.2 Å². The maximum absolute atomic E-state index is 12.1. The summed E-state index contributed by atoms with van der Waals surface area (Å²) in [4.78, 5) is 12.1. The van der Waals surface area contributed by atoms with Crippen molar-refractivity contribution in [2.75, 3.05) is 0 Å². The summed E-state index contributed by atoms with van der Waals surface area (Å²) >= 11 is 0. The highest BCUT2D eigenvalue weighted by atomic mass is 16.1. The summed E-state index contributed by atoms with van der Waals surface area (Å²) in [5.41, 5.74) is 1.10. The molecule has 0 aliphatic heterocycles. The number of benzene rings is 1. The molecule has 1 aromatic rings. The topological polar surface area (TPSA) is 52.9 Å². The average Bonchev–Trinajstić information content (AvgIpc) is 2.41. The lowest BCUT2D eigenvalue weighted by molar-refractivity contribution is 0.0910. The molecule has 1 fully saturated rings. The first-order chi connectivity index (χ1) is 8.70. The van der Waals surface area contributed by atoms with Gasteiger partial charge >= 0.3 is 0 Å². The van der Waals surface area contributed by atoms with E-state index >= 15 is 0 Å². The molecule has 0 heterocycles. The number of hydrogen-bond donors (Lipinski definition) is 1. The fraction of sp³-hybridized carbons (Fsp3) is 0.467. The van der Waals surface area contributed by atoms with Gasteiger partial charge in [-0.05, 0) is 37.0 Å². The predicted molar refractivity (Wildman–Crippen MR) is 70.0 cm³/mol. The Morgan fingerprint density at radius 3 is 2.89 bits per heavy atom. The summed E-state index contributed by atoms with van der Waals surface area (Å²) in [5, 5.41) is 11.9. The lowest BCUT2D eigenvalue weighted by Crippen LogP contribution is -2.41. The molecular weight excluding hydrogens is 224 g/mol. The number of nitrogens with one attached hydrogen (secondary N) is 1. The number of rotatable bonds is 2. The molecule has 1 aliphatic rings. The Balaban J connectivity index is 2.05. The van der Waals surface area contributed by atoms with Crippen molar-refractivity contribution in [2.45, 2.75) is 38.6 Å². The quantitative estimate of drug-likeness (QED) is 0.867. The number of carbonyl (C=O) groups is 1. The zero-order valence-electron chi connectivity index (χ0n) is 10.6. The van der Waals surface area contributed by atoms with Crippen LogP contribution in [-0.2, 0) is 0 Å². The van der Waals surface area contributed by atoms with Crippen molar-refractivity contribution in [1.29, 1.82) is 5.26 Å². The molecule has 94 valence electrons. The summed E-state index contributed by atoms with van der Waals surface area (Å²) in [5.74, 6) is 0.479. The normalized spacial score (nSPS) is 23.1. The number of nitrogens with zero attached hydrogens (tertiary/aromatic N) is 1. The van der Waals surface area contributed by atoms with Crippen molar-refractivity contribution in [3.8, 4) is 6.07 Å².